The average Bonchev–Trinajstić information content (AvgIpc) is 2.35. The lowest BCUT2D eigenvalue weighted by Crippen LogP contribution is -2.06. The van der Waals surface area contributed by atoms with E-state index in [1.165, 1.54) is 12.1 Å². The minimum absolute atomic E-state index is 0.00796. The van der Waals surface area contributed by atoms with Crippen LogP contribution in [0.1, 0.15) is 21.5 Å². The van der Waals surface area contributed by atoms with E-state index in [1.54, 1.807) is 24.3 Å². The first-order valence-corrected chi connectivity index (χ1v) is 5.70. The lowest BCUT2D eigenvalue weighted by Gasteiger charge is -2.06. The first-order valence-electron chi connectivity index (χ1n) is 5.70. The van der Waals surface area contributed by atoms with Crippen LogP contribution in [0.2, 0.25) is 0 Å². The van der Waals surface area contributed by atoms with E-state index >= 15 is 0 Å². The largest absolute Gasteiger partial charge is 0.399 e. The molecule has 0 aliphatic carbocycles. The number of rotatable bonds is 3. The minimum Gasteiger partial charge on any atom is -0.399 e. The van der Waals surface area contributed by atoms with Crippen molar-refractivity contribution in [2.45, 2.75) is 13.3 Å². The Hall–Kier alpha value is -2.16. The van der Waals surface area contributed by atoms with E-state index in [0.29, 0.717) is 11.3 Å². The molecule has 92 valence electrons. The van der Waals surface area contributed by atoms with Gasteiger partial charge in [0.25, 0.3) is 0 Å². The van der Waals surface area contributed by atoms with Gasteiger partial charge in [0.2, 0.25) is 0 Å². The van der Waals surface area contributed by atoms with Crippen molar-refractivity contribution >= 4 is 11.5 Å². The van der Waals surface area contributed by atoms with Crippen molar-refractivity contribution in [3.8, 4) is 0 Å². The van der Waals surface area contributed by atoms with Crippen molar-refractivity contribution in [2.24, 2.45) is 0 Å². The average molecular weight is 243 g/mol. The third-order valence-corrected chi connectivity index (χ3v) is 2.84. The zero-order chi connectivity index (χ0) is 13.1. The highest BCUT2D eigenvalue weighted by Crippen LogP contribution is 2.15. The van der Waals surface area contributed by atoms with Crippen LogP contribution in [0.4, 0.5) is 10.1 Å². The van der Waals surface area contributed by atoms with Gasteiger partial charge in [-0.05, 0) is 42.3 Å². The molecule has 2 aromatic rings. The second-order valence-corrected chi connectivity index (χ2v) is 4.30. The van der Waals surface area contributed by atoms with E-state index in [2.05, 4.69) is 0 Å². The molecule has 2 aromatic carbocycles. The first kappa shape index (κ1) is 12.3. The number of anilines is 1. The number of aryl methyl sites for hydroxylation is 1. The second kappa shape index (κ2) is 5.00. The summed E-state index contributed by atoms with van der Waals surface area (Å²) >= 11 is 0. The topological polar surface area (TPSA) is 43.1 Å². The highest BCUT2D eigenvalue weighted by Gasteiger charge is 2.10. The molecule has 2 N–H and O–H groups in total. The summed E-state index contributed by atoms with van der Waals surface area (Å²) in [5, 5.41) is 0. The number of hydrogen-bond donors (Lipinski definition) is 1. The fourth-order valence-electron chi connectivity index (χ4n) is 1.82. The molecule has 0 aromatic heterocycles. The molecule has 0 spiro atoms. The van der Waals surface area contributed by atoms with E-state index in [9.17, 15) is 9.18 Å². The van der Waals surface area contributed by atoms with Crippen LogP contribution in [-0.2, 0) is 6.42 Å². The lowest BCUT2D eigenvalue weighted by molar-refractivity contribution is 0.0992. The standard InChI is InChI=1S/C15H14FNO/c1-10-2-7-13(17)9-14(10)15(18)8-11-3-5-12(16)6-4-11/h2-7,9H,8,17H2,1H3. The van der Waals surface area contributed by atoms with Crippen molar-refractivity contribution in [3.05, 3.63) is 65.0 Å². The summed E-state index contributed by atoms with van der Waals surface area (Å²) in [5.74, 6) is -0.308. The highest BCUT2D eigenvalue weighted by molar-refractivity contribution is 5.99. The van der Waals surface area contributed by atoms with Crippen molar-refractivity contribution in [3.63, 3.8) is 0 Å². The fourth-order valence-corrected chi connectivity index (χ4v) is 1.82. The molecule has 0 unspecified atom stereocenters. The van der Waals surface area contributed by atoms with Gasteiger partial charge in [0.15, 0.2) is 5.78 Å². The quantitative estimate of drug-likeness (QED) is 0.664. The van der Waals surface area contributed by atoms with Crippen LogP contribution in [0, 0.1) is 12.7 Å². The Morgan fingerprint density at radius 2 is 1.83 bits per heavy atom. The van der Waals surface area contributed by atoms with Crippen molar-refractivity contribution < 1.29 is 9.18 Å². The Morgan fingerprint density at radius 1 is 1.17 bits per heavy atom. The minimum atomic E-state index is -0.300. The van der Waals surface area contributed by atoms with Gasteiger partial charge in [-0.15, -0.1) is 0 Å². The molecule has 0 amide bonds. The van der Waals surface area contributed by atoms with Gasteiger partial charge >= 0.3 is 0 Å². The number of hydrogen-bond acceptors (Lipinski definition) is 2. The maximum absolute atomic E-state index is 12.8. The van der Waals surface area contributed by atoms with Gasteiger partial charge in [-0.1, -0.05) is 18.2 Å². The van der Waals surface area contributed by atoms with E-state index in [0.717, 1.165) is 11.1 Å². The number of nitrogens with two attached hydrogens (primary N) is 1. The molecule has 2 nitrogen and oxygen atoms in total. The molecule has 0 atom stereocenters. The third-order valence-electron chi connectivity index (χ3n) is 2.84. The molecule has 0 bridgehead atoms. The zero-order valence-corrected chi connectivity index (χ0v) is 10.1. The van der Waals surface area contributed by atoms with E-state index in [1.807, 2.05) is 13.0 Å². The van der Waals surface area contributed by atoms with Crippen LogP contribution < -0.4 is 5.73 Å². The van der Waals surface area contributed by atoms with Crippen LogP contribution >= 0.6 is 0 Å². The second-order valence-electron chi connectivity index (χ2n) is 4.30. The molecule has 0 fully saturated rings. The van der Waals surface area contributed by atoms with Gasteiger partial charge in [-0.25, -0.2) is 4.39 Å². The summed E-state index contributed by atoms with van der Waals surface area (Å²) in [5.41, 5.74) is 8.57. The predicted molar refractivity (Wildman–Crippen MR) is 70.0 cm³/mol. The van der Waals surface area contributed by atoms with Crippen LogP contribution in [-0.4, -0.2) is 5.78 Å². The fraction of sp³-hybridized carbons (Fsp3) is 0.133. The van der Waals surface area contributed by atoms with Gasteiger partial charge in [0.1, 0.15) is 5.82 Å². The smallest absolute Gasteiger partial charge is 0.167 e. The summed E-state index contributed by atoms with van der Waals surface area (Å²) in [6.07, 6.45) is 0.255. The van der Waals surface area contributed by atoms with Crippen molar-refractivity contribution in [1.82, 2.24) is 0 Å². The van der Waals surface area contributed by atoms with Gasteiger partial charge in [0.05, 0.1) is 0 Å². The summed E-state index contributed by atoms with van der Waals surface area (Å²) in [6, 6.07) is 11.2. The molecule has 3 heteroatoms. The van der Waals surface area contributed by atoms with Crippen LogP contribution in [0.3, 0.4) is 0 Å². The van der Waals surface area contributed by atoms with Gasteiger partial charge < -0.3 is 5.73 Å². The third kappa shape index (κ3) is 2.74. The van der Waals surface area contributed by atoms with Crippen molar-refractivity contribution in [2.75, 3.05) is 5.73 Å². The monoisotopic (exact) mass is 243 g/mol. The molecular formula is C15H14FNO. The number of halogens is 1. The summed E-state index contributed by atoms with van der Waals surface area (Å²) in [7, 11) is 0. The maximum atomic E-state index is 12.8. The molecule has 0 saturated heterocycles. The molecule has 0 aliphatic rings. The molecule has 2 rings (SSSR count). The van der Waals surface area contributed by atoms with E-state index in [-0.39, 0.29) is 18.0 Å². The highest BCUT2D eigenvalue weighted by atomic mass is 19.1. The van der Waals surface area contributed by atoms with Gasteiger partial charge in [-0.3, -0.25) is 4.79 Å². The van der Waals surface area contributed by atoms with Gasteiger partial charge in [-0.2, -0.15) is 0 Å². The number of carbonyl (C=O) groups excluding carboxylic acids is 1. The number of benzene rings is 2. The van der Waals surface area contributed by atoms with Crippen LogP contribution in [0.15, 0.2) is 42.5 Å². The van der Waals surface area contributed by atoms with Crippen molar-refractivity contribution in [1.29, 1.82) is 0 Å². The Balaban J connectivity index is 2.21. The summed E-state index contributed by atoms with van der Waals surface area (Å²) in [6.45, 7) is 1.87. The lowest BCUT2D eigenvalue weighted by atomic mass is 9.99. The molecule has 0 saturated carbocycles. The van der Waals surface area contributed by atoms with Gasteiger partial charge in [0, 0.05) is 17.7 Å². The molecule has 0 radical (unpaired) electrons. The Kier molecular flexibility index (Phi) is 3.42. The van der Waals surface area contributed by atoms with Crippen LogP contribution in [0.5, 0.6) is 0 Å². The zero-order valence-electron chi connectivity index (χ0n) is 10.1. The van der Waals surface area contributed by atoms with Crippen LogP contribution in [0.25, 0.3) is 0 Å². The number of carbonyl (C=O) groups is 1. The molecule has 0 aliphatic heterocycles. The molecular weight excluding hydrogens is 229 g/mol. The first-order chi connectivity index (χ1) is 8.56. The Labute approximate surface area is 105 Å². The molecule has 18 heavy (non-hydrogen) atoms. The Bertz CT molecular complexity index is 576. The maximum Gasteiger partial charge on any atom is 0.167 e. The number of Topliss-reactive ketones (excluding diaryl/α,β-unsaturated/α-hetero) is 1. The summed E-state index contributed by atoms with van der Waals surface area (Å²) < 4.78 is 12.8. The SMILES string of the molecule is Cc1ccc(N)cc1C(=O)Cc1ccc(F)cc1. The number of nitrogen functional groups attached to an aromatic ring is 1. The number of ketones is 1. The predicted octanol–water partition coefficient (Wildman–Crippen LogP) is 3.14. The summed E-state index contributed by atoms with van der Waals surface area (Å²) in [4.78, 5) is 12.1. The normalized spacial score (nSPS) is 10.3. The van der Waals surface area contributed by atoms with E-state index < -0.39 is 0 Å². The Morgan fingerprint density at radius 3 is 2.50 bits per heavy atom. The van der Waals surface area contributed by atoms with E-state index in [4.69, 9.17) is 5.73 Å². The molecule has 0 heterocycles.